The molecule has 0 aliphatic heterocycles. The first-order valence-electron chi connectivity index (χ1n) is 6.97. The molecule has 106 valence electrons. The summed E-state index contributed by atoms with van der Waals surface area (Å²) in [6.45, 7) is 0.0475. The van der Waals surface area contributed by atoms with Crippen molar-refractivity contribution in [1.29, 1.82) is 5.26 Å². The van der Waals surface area contributed by atoms with Gasteiger partial charge < -0.3 is 5.11 Å². The summed E-state index contributed by atoms with van der Waals surface area (Å²) in [6.07, 6.45) is 2.46. The summed E-state index contributed by atoms with van der Waals surface area (Å²) in [4.78, 5) is 4.11. The second-order valence-electron chi connectivity index (χ2n) is 5.30. The van der Waals surface area contributed by atoms with Gasteiger partial charge in [-0.05, 0) is 23.3 Å². The van der Waals surface area contributed by atoms with Gasteiger partial charge in [0.15, 0.2) is 0 Å². The minimum atomic E-state index is 0.0475. The van der Waals surface area contributed by atoms with Crippen molar-refractivity contribution >= 4 is 0 Å². The van der Waals surface area contributed by atoms with E-state index < -0.39 is 0 Å². The summed E-state index contributed by atoms with van der Waals surface area (Å²) in [6, 6.07) is 11.6. The van der Waals surface area contributed by atoms with E-state index in [0.717, 1.165) is 40.1 Å². The maximum absolute atomic E-state index is 9.26. The molecule has 0 spiro atoms. The molecule has 0 saturated carbocycles. The van der Waals surface area contributed by atoms with Crippen LogP contribution >= 0.6 is 0 Å². The third-order valence-corrected chi connectivity index (χ3v) is 4.01. The molecule has 1 aromatic carbocycles. The van der Waals surface area contributed by atoms with Gasteiger partial charge in [0.25, 0.3) is 0 Å². The summed E-state index contributed by atoms with van der Waals surface area (Å²) in [5, 5.41) is 25.6. The van der Waals surface area contributed by atoms with Crippen LogP contribution in [0.15, 0.2) is 36.5 Å². The number of hydrogen-bond acceptors (Lipinski definition) is 4. The number of H-pyrrole nitrogens is 1. The number of aromatic nitrogens is 3. The number of aliphatic hydroxyl groups is 1. The maximum atomic E-state index is 9.26. The monoisotopic (exact) mass is 288 g/mol. The van der Waals surface area contributed by atoms with E-state index in [-0.39, 0.29) is 6.61 Å². The molecule has 0 atom stereocenters. The molecule has 2 N–H and O–H groups in total. The van der Waals surface area contributed by atoms with Gasteiger partial charge in [0, 0.05) is 29.3 Å². The Morgan fingerprint density at radius 2 is 2.18 bits per heavy atom. The quantitative estimate of drug-likeness (QED) is 0.593. The molecule has 22 heavy (non-hydrogen) atoms. The molecule has 0 saturated heterocycles. The molecule has 0 radical (unpaired) electrons. The highest BCUT2D eigenvalue weighted by atomic mass is 16.3. The molecule has 2 aromatic heterocycles. The number of pyridine rings is 1. The van der Waals surface area contributed by atoms with Crippen molar-refractivity contribution in [2.24, 2.45) is 0 Å². The van der Waals surface area contributed by atoms with Gasteiger partial charge in [-0.2, -0.15) is 10.4 Å². The molecular formula is C17H12N4O. The van der Waals surface area contributed by atoms with Crippen molar-refractivity contribution in [3.63, 3.8) is 0 Å². The van der Waals surface area contributed by atoms with Crippen molar-refractivity contribution < 1.29 is 5.11 Å². The molecule has 3 aromatic rings. The topological polar surface area (TPSA) is 85.6 Å². The number of nitrogens with one attached hydrogen (secondary N) is 1. The largest absolute Gasteiger partial charge is 0.392 e. The zero-order valence-corrected chi connectivity index (χ0v) is 11.7. The second-order valence-corrected chi connectivity index (χ2v) is 5.30. The van der Waals surface area contributed by atoms with Gasteiger partial charge in [-0.1, -0.05) is 18.2 Å². The van der Waals surface area contributed by atoms with Gasteiger partial charge in [-0.15, -0.1) is 0 Å². The van der Waals surface area contributed by atoms with E-state index in [0.29, 0.717) is 5.69 Å². The second kappa shape index (κ2) is 4.79. The minimum Gasteiger partial charge on any atom is -0.392 e. The van der Waals surface area contributed by atoms with Crippen LogP contribution in [-0.2, 0) is 13.0 Å². The first-order chi connectivity index (χ1) is 10.8. The van der Waals surface area contributed by atoms with Crippen LogP contribution in [0.1, 0.15) is 22.4 Å². The predicted molar refractivity (Wildman–Crippen MR) is 80.7 cm³/mol. The molecule has 0 bridgehead atoms. The Bertz CT molecular complexity index is 903. The summed E-state index contributed by atoms with van der Waals surface area (Å²) in [7, 11) is 0. The van der Waals surface area contributed by atoms with Gasteiger partial charge in [-0.3, -0.25) is 5.10 Å². The van der Waals surface area contributed by atoms with Crippen LogP contribution in [0.25, 0.3) is 22.5 Å². The number of aromatic amines is 1. The maximum Gasteiger partial charge on any atom is 0.140 e. The average Bonchev–Trinajstić information content (AvgIpc) is 3.13. The van der Waals surface area contributed by atoms with Crippen molar-refractivity contribution in [1.82, 2.24) is 15.2 Å². The fraction of sp³-hybridized carbons (Fsp3) is 0.118. The Hall–Kier alpha value is -2.97. The Morgan fingerprint density at radius 3 is 2.91 bits per heavy atom. The lowest BCUT2D eigenvalue weighted by atomic mass is 10.1. The van der Waals surface area contributed by atoms with E-state index in [1.807, 2.05) is 30.3 Å². The molecule has 0 fully saturated rings. The third-order valence-electron chi connectivity index (χ3n) is 4.01. The predicted octanol–water partition coefficient (Wildman–Crippen LogP) is 2.41. The van der Waals surface area contributed by atoms with E-state index in [9.17, 15) is 5.11 Å². The van der Waals surface area contributed by atoms with Gasteiger partial charge in [0.05, 0.1) is 18.0 Å². The lowest BCUT2D eigenvalue weighted by Crippen LogP contribution is -1.90. The summed E-state index contributed by atoms with van der Waals surface area (Å²) < 4.78 is 0. The molecule has 5 heteroatoms. The number of rotatable bonds is 2. The van der Waals surface area contributed by atoms with Crippen LogP contribution in [0.4, 0.5) is 0 Å². The van der Waals surface area contributed by atoms with Gasteiger partial charge in [0.1, 0.15) is 11.8 Å². The number of benzene rings is 1. The lowest BCUT2D eigenvalue weighted by Gasteiger charge is -2.02. The Balaban J connectivity index is 1.78. The Morgan fingerprint density at radius 1 is 1.27 bits per heavy atom. The number of aliphatic hydroxyl groups excluding tert-OH is 1. The van der Waals surface area contributed by atoms with E-state index in [1.54, 1.807) is 12.3 Å². The van der Waals surface area contributed by atoms with Crippen molar-refractivity contribution in [2.75, 3.05) is 0 Å². The van der Waals surface area contributed by atoms with Crippen LogP contribution in [0.5, 0.6) is 0 Å². The molecule has 2 heterocycles. The first kappa shape index (κ1) is 12.7. The third kappa shape index (κ3) is 1.82. The van der Waals surface area contributed by atoms with Gasteiger partial charge in [-0.25, -0.2) is 4.98 Å². The summed E-state index contributed by atoms with van der Waals surface area (Å²) >= 11 is 0. The van der Waals surface area contributed by atoms with Crippen LogP contribution in [-0.4, -0.2) is 20.3 Å². The van der Waals surface area contributed by atoms with Gasteiger partial charge >= 0.3 is 0 Å². The molecule has 1 aliphatic carbocycles. The summed E-state index contributed by atoms with van der Waals surface area (Å²) in [5.74, 6) is 0. The Kier molecular flexibility index (Phi) is 2.78. The fourth-order valence-corrected chi connectivity index (χ4v) is 2.92. The van der Waals surface area contributed by atoms with E-state index in [4.69, 9.17) is 5.26 Å². The van der Waals surface area contributed by atoms with Crippen LogP contribution < -0.4 is 0 Å². The van der Waals surface area contributed by atoms with Crippen LogP contribution in [0.3, 0.4) is 0 Å². The number of nitriles is 1. The molecule has 5 nitrogen and oxygen atoms in total. The van der Waals surface area contributed by atoms with Gasteiger partial charge in [0.2, 0.25) is 0 Å². The number of fused-ring (bicyclic) bond motifs is 3. The lowest BCUT2D eigenvalue weighted by molar-refractivity contribution is 0.282. The molecule has 0 unspecified atom stereocenters. The van der Waals surface area contributed by atoms with E-state index in [1.165, 1.54) is 5.56 Å². The standard InChI is InChI=1S/C17H12N4O/c18-7-13-3-2-11(8-19-13)16-15-6-12-5-10(9-22)1-4-14(12)17(15)21-20-16/h1-5,8,22H,6,9H2,(H,20,21). The van der Waals surface area contributed by atoms with Crippen molar-refractivity contribution in [2.45, 2.75) is 13.0 Å². The molecule has 1 aliphatic rings. The normalized spacial score (nSPS) is 11.8. The highest BCUT2D eigenvalue weighted by molar-refractivity contribution is 5.81. The number of hydrogen-bond donors (Lipinski definition) is 2. The smallest absolute Gasteiger partial charge is 0.140 e. The molecular weight excluding hydrogens is 276 g/mol. The fourth-order valence-electron chi connectivity index (χ4n) is 2.92. The number of nitrogens with zero attached hydrogens (tertiary/aromatic N) is 3. The summed E-state index contributed by atoms with van der Waals surface area (Å²) in [5.41, 5.74) is 7.56. The molecule has 4 rings (SSSR count). The van der Waals surface area contributed by atoms with E-state index >= 15 is 0 Å². The van der Waals surface area contributed by atoms with Crippen molar-refractivity contribution in [3.8, 4) is 28.6 Å². The molecule has 0 amide bonds. The van der Waals surface area contributed by atoms with E-state index in [2.05, 4.69) is 15.2 Å². The SMILES string of the molecule is N#Cc1ccc(-c2n[nH]c3c2Cc2cc(CO)ccc2-3)cn1. The van der Waals surface area contributed by atoms with Crippen LogP contribution in [0.2, 0.25) is 0 Å². The zero-order valence-electron chi connectivity index (χ0n) is 11.7. The van der Waals surface area contributed by atoms with Crippen LogP contribution in [0, 0.1) is 11.3 Å². The highest BCUT2D eigenvalue weighted by Gasteiger charge is 2.25. The minimum absolute atomic E-state index is 0.0475. The first-order valence-corrected chi connectivity index (χ1v) is 6.97. The Labute approximate surface area is 126 Å². The zero-order chi connectivity index (χ0) is 15.1. The van der Waals surface area contributed by atoms with Crippen molar-refractivity contribution in [3.05, 3.63) is 58.9 Å². The average molecular weight is 288 g/mol. The highest BCUT2D eigenvalue weighted by Crippen LogP contribution is 2.40.